The van der Waals surface area contributed by atoms with Gasteiger partial charge in [-0.15, -0.1) is 0 Å². The maximum absolute atomic E-state index is 13.8. The van der Waals surface area contributed by atoms with Crippen molar-refractivity contribution < 1.29 is 14.2 Å². The third-order valence-corrected chi connectivity index (χ3v) is 4.15. The third kappa shape index (κ3) is 6.25. The molecule has 1 atom stereocenters. The minimum Gasteiger partial charge on any atom is -0.496 e. The van der Waals surface area contributed by atoms with Crippen LogP contribution in [0.25, 0.3) is 0 Å². The van der Waals surface area contributed by atoms with E-state index in [1.54, 1.807) is 25.3 Å². The molecule has 0 saturated carbocycles. The van der Waals surface area contributed by atoms with Crippen molar-refractivity contribution in [2.24, 2.45) is 4.99 Å². The molecule has 0 heterocycles. The first kappa shape index (κ1) is 20.7. The molecule has 0 aliphatic rings. The maximum Gasteiger partial charge on any atom is 0.191 e. The van der Waals surface area contributed by atoms with Crippen LogP contribution in [-0.2, 0) is 6.42 Å². The van der Waals surface area contributed by atoms with Gasteiger partial charge in [0.15, 0.2) is 5.96 Å². The Morgan fingerprint density at radius 2 is 2.00 bits per heavy atom. The van der Waals surface area contributed by atoms with Crippen molar-refractivity contribution in [2.75, 3.05) is 26.7 Å². The Balaban J connectivity index is 1.96. The smallest absolute Gasteiger partial charge is 0.191 e. The average molecular weight is 373 g/mol. The lowest BCUT2D eigenvalue weighted by Gasteiger charge is -2.15. The number of ether oxygens (including phenoxy) is 1. The number of nitrogens with zero attached hydrogens (tertiary/aromatic N) is 1. The zero-order valence-electron chi connectivity index (χ0n) is 16.1. The summed E-state index contributed by atoms with van der Waals surface area (Å²) in [5.74, 6) is 1.02. The second-order valence-electron chi connectivity index (χ2n) is 6.25. The monoisotopic (exact) mass is 373 g/mol. The van der Waals surface area contributed by atoms with Crippen LogP contribution in [0.3, 0.4) is 0 Å². The molecule has 0 saturated heterocycles. The normalized spacial score (nSPS) is 12.6. The number of guanidine groups is 1. The van der Waals surface area contributed by atoms with Crippen molar-refractivity contribution in [3.8, 4) is 5.75 Å². The number of hydrogen-bond acceptors (Lipinski definition) is 3. The van der Waals surface area contributed by atoms with Gasteiger partial charge in [-0.05, 0) is 38.0 Å². The molecular weight excluding hydrogens is 345 g/mol. The van der Waals surface area contributed by atoms with E-state index < -0.39 is 11.9 Å². The summed E-state index contributed by atoms with van der Waals surface area (Å²) < 4.78 is 19.2. The highest BCUT2D eigenvalue weighted by Crippen LogP contribution is 2.20. The molecule has 3 N–H and O–H groups in total. The topological polar surface area (TPSA) is 65.9 Å². The Morgan fingerprint density at radius 3 is 2.70 bits per heavy atom. The van der Waals surface area contributed by atoms with Gasteiger partial charge in [0.1, 0.15) is 17.7 Å². The molecule has 2 rings (SSSR count). The van der Waals surface area contributed by atoms with Gasteiger partial charge in [0, 0.05) is 18.7 Å². The zero-order chi connectivity index (χ0) is 19.6. The van der Waals surface area contributed by atoms with Gasteiger partial charge < -0.3 is 20.5 Å². The quantitative estimate of drug-likeness (QED) is 0.492. The lowest BCUT2D eigenvalue weighted by Crippen LogP contribution is -2.38. The zero-order valence-corrected chi connectivity index (χ0v) is 16.1. The van der Waals surface area contributed by atoms with Crippen LogP contribution < -0.4 is 15.4 Å². The molecule has 0 aromatic heterocycles. The Labute approximate surface area is 160 Å². The Hall–Kier alpha value is -2.60. The van der Waals surface area contributed by atoms with Gasteiger partial charge in [-0.25, -0.2) is 4.39 Å². The highest BCUT2D eigenvalue weighted by molar-refractivity contribution is 5.79. The van der Waals surface area contributed by atoms with E-state index in [1.165, 1.54) is 11.6 Å². The first-order valence-electron chi connectivity index (χ1n) is 9.13. The number of aliphatic hydroxyl groups excluding tert-OH is 1. The molecule has 27 heavy (non-hydrogen) atoms. The van der Waals surface area contributed by atoms with Gasteiger partial charge in [0.2, 0.25) is 0 Å². The fourth-order valence-electron chi connectivity index (χ4n) is 2.78. The first-order valence-corrected chi connectivity index (χ1v) is 9.13. The van der Waals surface area contributed by atoms with Crippen LogP contribution in [0.1, 0.15) is 29.7 Å². The van der Waals surface area contributed by atoms with Gasteiger partial charge in [-0.3, -0.25) is 4.99 Å². The van der Waals surface area contributed by atoms with Crippen molar-refractivity contribution in [3.05, 3.63) is 65.0 Å². The fourth-order valence-corrected chi connectivity index (χ4v) is 2.78. The molecule has 0 radical (unpaired) electrons. The van der Waals surface area contributed by atoms with Crippen LogP contribution in [-0.4, -0.2) is 37.8 Å². The van der Waals surface area contributed by atoms with E-state index in [4.69, 9.17) is 4.74 Å². The lowest BCUT2D eigenvalue weighted by molar-refractivity contribution is 0.182. The molecule has 0 fully saturated rings. The van der Waals surface area contributed by atoms with E-state index in [0.29, 0.717) is 19.0 Å². The molecule has 6 heteroatoms. The van der Waals surface area contributed by atoms with E-state index >= 15 is 0 Å². The number of aryl methyl sites for hydroxylation is 1. The molecule has 0 aliphatic carbocycles. The summed E-state index contributed by atoms with van der Waals surface area (Å²) >= 11 is 0. The average Bonchev–Trinajstić information content (AvgIpc) is 2.66. The number of aliphatic hydroxyl groups is 1. The number of hydrogen-bond donors (Lipinski definition) is 3. The van der Waals surface area contributed by atoms with Crippen molar-refractivity contribution in [1.82, 2.24) is 10.6 Å². The van der Waals surface area contributed by atoms with Crippen molar-refractivity contribution >= 4 is 5.96 Å². The second kappa shape index (κ2) is 10.5. The van der Waals surface area contributed by atoms with Gasteiger partial charge in [0.05, 0.1) is 13.7 Å². The number of methoxy groups -OCH3 is 1. The Morgan fingerprint density at radius 1 is 1.22 bits per heavy atom. The van der Waals surface area contributed by atoms with Gasteiger partial charge in [-0.2, -0.15) is 0 Å². The number of aliphatic imine (C=N–C) groups is 1. The Bertz CT molecular complexity index is 765. The van der Waals surface area contributed by atoms with Crippen LogP contribution in [0.2, 0.25) is 0 Å². The van der Waals surface area contributed by atoms with Gasteiger partial charge >= 0.3 is 0 Å². The van der Waals surface area contributed by atoms with E-state index in [9.17, 15) is 9.50 Å². The number of nitrogens with one attached hydrogen (secondary N) is 2. The fraction of sp³-hybridized carbons (Fsp3) is 0.381. The predicted octanol–water partition coefficient (Wildman–Crippen LogP) is 2.97. The molecule has 0 spiro atoms. The molecule has 146 valence electrons. The first-order chi connectivity index (χ1) is 13.0. The highest BCUT2D eigenvalue weighted by atomic mass is 19.1. The molecule has 2 aromatic rings. The Kier molecular flexibility index (Phi) is 8.07. The summed E-state index contributed by atoms with van der Waals surface area (Å²) in [6.45, 7) is 5.43. The summed E-state index contributed by atoms with van der Waals surface area (Å²) in [6, 6.07) is 12.3. The number of halogens is 1. The molecule has 0 bridgehead atoms. The van der Waals surface area contributed by atoms with Crippen LogP contribution in [0, 0.1) is 12.7 Å². The molecule has 0 aliphatic heterocycles. The van der Waals surface area contributed by atoms with Crippen molar-refractivity contribution in [2.45, 2.75) is 26.4 Å². The minimum absolute atomic E-state index is 0.0734. The van der Waals surface area contributed by atoms with Crippen LogP contribution in [0.15, 0.2) is 47.5 Å². The summed E-state index contributed by atoms with van der Waals surface area (Å²) in [4.78, 5) is 4.37. The van der Waals surface area contributed by atoms with E-state index in [0.717, 1.165) is 17.7 Å². The summed E-state index contributed by atoms with van der Waals surface area (Å²) in [5.41, 5.74) is 2.55. The van der Waals surface area contributed by atoms with E-state index in [1.807, 2.05) is 26.0 Å². The van der Waals surface area contributed by atoms with Gasteiger partial charge in [0.25, 0.3) is 0 Å². The molecule has 5 nitrogen and oxygen atoms in total. The molecular formula is C21H28FN3O2. The SMILES string of the molecule is CCNC(=NCC(O)c1ccccc1F)NCCc1cc(C)ccc1OC. The second-order valence-corrected chi connectivity index (χ2v) is 6.25. The van der Waals surface area contributed by atoms with Crippen molar-refractivity contribution in [1.29, 1.82) is 0 Å². The highest BCUT2D eigenvalue weighted by Gasteiger charge is 2.12. The van der Waals surface area contributed by atoms with Crippen molar-refractivity contribution in [3.63, 3.8) is 0 Å². The summed E-state index contributed by atoms with van der Waals surface area (Å²) in [6.07, 6.45) is -0.218. The number of rotatable bonds is 8. The lowest BCUT2D eigenvalue weighted by atomic mass is 10.1. The third-order valence-electron chi connectivity index (χ3n) is 4.15. The van der Waals surface area contributed by atoms with Crippen LogP contribution in [0.4, 0.5) is 4.39 Å². The van der Waals surface area contributed by atoms with Crippen LogP contribution in [0.5, 0.6) is 5.75 Å². The molecule has 1 unspecified atom stereocenters. The molecule has 0 amide bonds. The summed E-state index contributed by atoms with van der Waals surface area (Å²) in [7, 11) is 1.66. The minimum atomic E-state index is -0.987. The maximum atomic E-state index is 13.8. The van der Waals surface area contributed by atoms with Gasteiger partial charge in [-0.1, -0.05) is 35.9 Å². The largest absolute Gasteiger partial charge is 0.496 e. The standard InChI is InChI=1S/C21H28FN3O2/c1-4-23-21(25-14-19(26)17-7-5-6-8-18(17)22)24-12-11-16-13-15(2)9-10-20(16)27-3/h5-10,13,19,26H,4,11-12,14H2,1-3H3,(H2,23,24,25). The summed E-state index contributed by atoms with van der Waals surface area (Å²) in [5, 5.41) is 16.6. The van der Waals surface area contributed by atoms with E-state index in [2.05, 4.69) is 21.7 Å². The van der Waals surface area contributed by atoms with Crippen LogP contribution >= 0.6 is 0 Å². The molecule has 2 aromatic carbocycles. The van der Waals surface area contributed by atoms with E-state index in [-0.39, 0.29) is 12.1 Å². The predicted molar refractivity (Wildman–Crippen MR) is 107 cm³/mol. The number of benzene rings is 2.